The monoisotopic (exact) mass is 233 g/mol. The lowest BCUT2D eigenvalue weighted by Crippen LogP contribution is -2.36. The Bertz CT molecular complexity index is 379. The molecule has 0 atom stereocenters. The third kappa shape index (κ3) is 2.81. The van der Waals surface area contributed by atoms with Gasteiger partial charge in [0.1, 0.15) is 0 Å². The zero-order valence-corrected chi connectivity index (χ0v) is 7.86. The SMILES string of the molecule is NOB(O)c1ccc(C(=O)C(F)(F)F)cc1. The van der Waals surface area contributed by atoms with Crippen LogP contribution in [0.1, 0.15) is 10.4 Å². The number of carbonyl (C=O) groups excluding carboxylic acids is 1. The molecule has 1 aromatic rings. The molecular weight excluding hydrogens is 226 g/mol. The summed E-state index contributed by atoms with van der Waals surface area (Å²) in [5.41, 5.74) is -0.360. The zero-order chi connectivity index (χ0) is 12.3. The lowest BCUT2D eigenvalue weighted by Gasteiger charge is -2.06. The van der Waals surface area contributed by atoms with Crippen molar-refractivity contribution in [1.82, 2.24) is 0 Å². The van der Waals surface area contributed by atoms with Crippen molar-refractivity contribution >= 4 is 18.4 Å². The van der Waals surface area contributed by atoms with E-state index in [-0.39, 0.29) is 5.46 Å². The molecule has 0 unspecified atom stereocenters. The van der Waals surface area contributed by atoms with Gasteiger partial charge in [-0.05, 0) is 5.46 Å². The topological polar surface area (TPSA) is 72.6 Å². The predicted molar refractivity (Wildman–Crippen MR) is 49.7 cm³/mol. The Hall–Kier alpha value is -1.38. The van der Waals surface area contributed by atoms with Gasteiger partial charge in [0, 0.05) is 5.56 Å². The fourth-order valence-corrected chi connectivity index (χ4v) is 1.04. The van der Waals surface area contributed by atoms with Crippen molar-refractivity contribution in [3.05, 3.63) is 29.8 Å². The summed E-state index contributed by atoms with van der Waals surface area (Å²) < 4.78 is 40.1. The minimum absolute atomic E-state index is 0.154. The van der Waals surface area contributed by atoms with Crippen molar-refractivity contribution in [1.29, 1.82) is 0 Å². The fourth-order valence-electron chi connectivity index (χ4n) is 1.04. The molecule has 16 heavy (non-hydrogen) atoms. The highest BCUT2D eigenvalue weighted by molar-refractivity contribution is 6.59. The van der Waals surface area contributed by atoms with E-state index in [9.17, 15) is 18.0 Å². The molecule has 3 N–H and O–H groups in total. The Morgan fingerprint density at radius 3 is 2.19 bits per heavy atom. The third-order valence-corrected chi connectivity index (χ3v) is 1.84. The molecule has 0 spiro atoms. The molecule has 0 radical (unpaired) electrons. The molecule has 0 aliphatic heterocycles. The van der Waals surface area contributed by atoms with E-state index in [0.29, 0.717) is 0 Å². The molecule has 0 aromatic heterocycles. The quantitative estimate of drug-likeness (QED) is 0.438. The highest BCUT2D eigenvalue weighted by Gasteiger charge is 2.39. The predicted octanol–water partition coefficient (Wildman–Crippen LogP) is 0.00940. The third-order valence-electron chi connectivity index (χ3n) is 1.84. The standard InChI is InChI=1S/C8H7BF3NO3/c10-8(11,12)7(14)5-1-3-6(4-2-5)9(15)16-13/h1-4,15H,13H2. The first-order chi connectivity index (χ1) is 7.36. The first-order valence-corrected chi connectivity index (χ1v) is 4.11. The summed E-state index contributed by atoms with van der Waals surface area (Å²) >= 11 is 0. The minimum Gasteiger partial charge on any atom is -0.422 e. The molecule has 0 saturated heterocycles. The van der Waals surface area contributed by atoms with E-state index in [0.717, 1.165) is 24.3 Å². The average Bonchev–Trinajstić information content (AvgIpc) is 2.26. The Kier molecular flexibility index (Phi) is 3.68. The van der Waals surface area contributed by atoms with Gasteiger partial charge in [-0.25, -0.2) is 5.90 Å². The van der Waals surface area contributed by atoms with Crippen molar-refractivity contribution in [2.75, 3.05) is 0 Å². The van der Waals surface area contributed by atoms with Crippen LogP contribution < -0.4 is 11.4 Å². The molecule has 1 rings (SSSR count). The number of alkyl halides is 3. The second-order valence-corrected chi connectivity index (χ2v) is 2.94. The van der Waals surface area contributed by atoms with Gasteiger partial charge in [0.05, 0.1) is 0 Å². The first kappa shape index (κ1) is 12.7. The van der Waals surface area contributed by atoms with Gasteiger partial charge in [0.25, 0.3) is 5.78 Å². The van der Waals surface area contributed by atoms with Crippen LogP contribution in [0.2, 0.25) is 0 Å². The number of carbonyl (C=O) groups is 1. The van der Waals surface area contributed by atoms with Crippen molar-refractivity contribution in [2.24, 2.45) is 5.90 Å². The van der Waals surface area contributed by atoms with E-state index >= 15 is 0 Å². The zero-order valence-electron chi connectivity index (χ0n) is 7.86. The van der Waals surface area contributed by atoms with Crippen LogP contribution in [0.5, 0.6) is 0 Å². The molecule has 0 aliphatic rings. The van der Waals surface area contributed by atoms with E-state index in [1.165, 1.54) is 0 Å². The lowest BCUT2D eigenvalue weighted by molar-refractivity contribution is -0.0885. The smallest absolute Gasteiger partial charge is 0.422 e. The highest BCUT2D eigenvalue weighted by Crippen LogP contribution is 2.20. The number of hydrogen-bond acceptors (Lipinski definition) is 4. The highest BCUT2D eigenvalue weighted by atomic mass is 19.4. The molecule has 0 bridgehead atoms. The van der Waals surface area contributed by atoms with Crippen molar-refractivity contribution in [3.63, 3.8) is 0 Å². The summed E-state index contributed by atoms with van der Waals surface area (Å²) in [6.45, 7) is 0. The van der Waals surface area contributed by atoms with E-state index in [1.54, 1.807) is 0 Å². The summed E-state index contributed by atoms with van der Waals surface area (Å²) in [6.07, 6.45) is -4.91. The summed E-state index contributed by atoms with van der Waals surface area (Å²) in [7, 11) is -1.44. The molecule has 0 amide bonds. The maximum Gasteiger partial charge on any atom is 0.508 e. The minimum atomic E-state index is -4.91. The van der Waals surface area contributed by atoms with Crippen LogP contribution in [0.3, 0.4) is 0 Å². The van der Waals surface area contributed by atoms with E-state index in [2.05, 4.69) is 10.7 Å². The van der Waals surface area contributed by atoms with Gasteiger partial charge in [-0.2, -0.15) is 13.2 Å². The summed E-state index contributed by atoms with van der Waals surface area (Å²) in [4.78, 5) is 10.8. The van der Waals surface area contributed by atoms with Crippen LogP contribution in [-0.2, 0) is 4.76 Å². The molecule has 4 nitrogen and oxygen atoms in total. The van der Waals surface area contributed by atoms with Gasteiger partial charge < -0.3 is 9.78 Å². The Morgan fingerprint density at radius 1 is 1.31 bits per heavy atom. The summed E-state index contributed by atoms with van der Waals surface area (Å²) in [5, 5.41) is 9.06. The lowest BCUT2D eigenvalue weighted by atomic mass is 9.79. The number of benzene rings is 1. The maximum absolute atomic E-state index is 12.0. The number of Topliss-reactive ketones (excluding diaryl/α,β-unsaturated/α-hetero) is 1. The van der Waals surface area contributed by atoms with Gasteiger partial charge in [-0.15, -0.1) is 0 Å². The molecule has 0 fully saturated rings. The fraction of sp³-hybridized carbons (Fsp3) is 0.125. The molecule has 0 aliphatic carbocycles. The van der Waals surface area contributed by atoms with Crippen LogP contribution >= 0.6 is 0 Å². The van der Waals surface area contributed by atoms with Crippen LogP contribution in [0, 0.1) is 0 Å². The Morgan fingerprint density at radius 2 is 1.81 bits per heavy atom. The molecule has 8 heteroatoms. The summed E-state index contributed by atoms with van der Waals surface area (Å²) in [5.74, 6) is 2.73. The molecule has 1 aromatic carbocycles. The first-order valence-electron chi connectivity index (χ1n) is 4.11. The number of ketones is 1. The largest absolute Gasteiger partial charge is 0.508 e. The number of nitrogens with two attached hydrogens (primary N) is 1. The van der Waals surface area contributed by atoms with Gasteiger partial charge in [0.15, 0.2) is 0 Å². The normalized spacial score (nSPS) is 11.3. The van der Waals surface area contributed by atoms with Gasteiger partial charge in [-0.1, -0.05) is 24.3 Å². The second-order valence-electron chi connectivity index (χ2n) is 2.94. The summed E-state index contributed by atoms with van der Waals surface area (Å²) in [6, 6.07) is 4.12. The Labute approximate surface area is 88.9 Å². The number of hydrogen-bond donors (Lipinski definition) is 2. The van der Waals surface area contributed by atoms with Crippen molar-refractivity contribution in [2.45, 2.75) is 6.18 Å². The van der Waals surface area contributed by atoms with E-state index in [4.69, 9.17) is 5.02 Å². The van der Waals surface area contributed by atoms with Crippen LogP contribution in [0.15, 0.2) is 24.3 Å². The average molecular weight is 233 g/mol. The van der Waals surface area contributed by atoms with Gasteiger partial charge in [-0.3, -0.25) is 4.79 Å². The van der Waals surface area contributed by atoms with Crippen LogP contribution in [0.4, 0.5) is 13.2 Å². The van der Waals surface area contributed by atoms with Gasteiger partial charge in [0.2, 0.25) is 0 Å². The molecular formula is C8H7BF3NO3. The number of rotatable bonds is 3. The Balaban J connectivity index is 2.91. The molecule has 0 saturated carbocycles. The van der Waals surface area contributed by atoms with Crippen LogP contribution in [-0.4, -0.2) is 24.1 Å². The molecule has 86 valence electrons. The van der Waals surface area contributed by atoms with Crippen molar-refractivity contribution < 1.29 is 27.7 Å². The van der Waals surface area contributed by atoms with Crippen molar-refractivity contribution in [3.8, 4) is 0 Å². The van der Waals surface area contributed by atoms with E-state index in [1.807, 2.05) is 0 Å². The van der Waals surface area contributed by atoms with E-state index < -0.39 is 24.6 Å². The van der Waals surface area contributed by atoms with Crippen LogP contribution in [0.25, 0.3) is 0 Å². The van der Waals surface area contributed by atoms with Gasteiger partial charge >= 0.3 is 13.3 Å². The number of halogens is 3. The maximum atomic E-state index is 12.0. The molecule has 0 heterocycles. The second kappa shape index (κ2) is 4.64.